The quantitative estimate of drug-likeness (QED) is 0.632. The van der Waals surface area contributed by atoms with Gasteiger partial charge in [-0.05, 0) is 13.0 Å². The maximum atomic E-state index is 12.3. The molecule has 8 nitrogen and oxygen atoms in total. The van der Waals surface area contributed by atoms with E-state index >= 15 is 0 Å². The maximum Gasteiger partial charge on any atom is 0.327 e. The highest BCUT2D eigenvalue weighted by Gasteiger charge is 2.35. The van der Waals surface area contributed by atoms with Crippen LogP contribution in [0.15, 0.2) is 0 Å². The molecule has 0 saturated carbocycles. The molecule has 118 valence electrons. The van der Waals surface area contributed by atoms with Crippen molar-refractivity contribution in [1.29, 1.82) is 0 Å². The van der Waals surface area contributed by atoms with E-state index in [1.807, 2.05) is 0 Å². The van der Waals surface area contributed by atoms with Gasteiger partial charge in [0.05, 0.1) is 6.61 Å². The molecule has 2 heterocycles. The molecule has 0 unspecified atom stereocenters. The zero-order valence-electron chi connectivity index (χ0n) is 12.3. The second kappa shape index (κ2) is 6.86. The molecule has 4 amide bonds. The Morgan fingerprint density at radius 1 is 1.19 bits per heavy atom. The predicted molar refractivity (Wildman–Crippen MR) is 74.5 cm³/mol. The van der Waals surface area contributed by atoms with E-state index in [2.05, 4.69) is 4.90 Å². The van der Waals surface area contributed by atoms with Crippen LogP contribution in [0.1, 0.15) is 6.42 Å². The molecule has 2 aliphatic rings. The average molecular weight is 298 g/mol. The summed E-state index contributed by atoms with van der Waals surface area (Å²) in [6.07, 6.45) is 0.827. The lowest BCUT2D eigenvalue weighted by molar-refractivity contribution is -0.136. The minimum atomic E-state index is -0.412. The number of carbonyl (C=O) groups is 3. The van der Waals surface area contributed by atoms with E-state index in [1.165, 1.54) is 4.90 Å². The molecule has 2 fully saturated rings. The molecule has 0 atom stereocenters. The van der Waals surface area contributed by atoms with Gasteiger partial charge in [0.15, 0.2) is 0 Å². The number of imide groups is 1. The first-order chi connectivity index (χ1) is 10.0. The van der Waals surface area contributed by atoms with Gasteiger partial charge in [-0.2, -0.15) is 0 Å². The van der Waals surface area contributed by atoms with Crippen LogP contribution in [0.5, 0.6) is 0 Å². The minimum Gasteiger partial charge on any atom is -0.395 e. The Morgan fingerprint density at radius 3 is 2.57 bits per heavy atom. The van der Waals surface area contributed by atoms with Crippen molar-refractivity contribution in [2.75, 3.05) is 59.5 Å². The second-order valence-electron chi connectivity index (χ2n) is 5.42. The van der Waals surface area contributed by atoms with Crippen molar-refractivity contribution in [3.8, 4) is 0 Å². The Balaban J connectivity index is 1.88. The number of urea groups is 1. The first-order valence-corrected chi connectivity index (χ1v) is 7.19. The zero-order valence-corrected chi connectivity index (χ0v) is 12.3. The van der Waals surface area contributed by atoms with E-state index in [0.29, 0.717) is 26.2 Å². The SMILES string of the molecule is CN1CC(=O)N(CC(=O)N2CCCN(CCO)CC2)C1=O. The van der Waals surface area contributed by atoms with Gasteiger partial charge in [-0.25, -0.2) is 4.79 Å². The molecule has 8 heteroatoms. The molecule has 0 aromatic heterocycles. The van der Waals surface area contributed by atoms with Gasteiger partial charge in [-0.1, -0.05) is 0 Å². The molecule has 0 radical (unpaired) electrons. The largest absolute Gasteiger partial charge is 0.395 e. The number of carbonyl (C=O) groups excluding carboxylic acids is 3. The summed E-state index contributed by atoms with van der Waals surface area (Å²) in [5.41, 5.74) is 0. The van der Waals surface area contributed by atoms with E-state index < -0.39 is 6.03 Å². The highest BCUT2D eigenvalue weighted by Crippen LogP contribution is 2.09. The summed E-state index contributed by atoms with van der Waals surface area (Å²) in [5.74, 6) is -0.523. The Kier molecular flexibility index (Phi) is 5.13. The summed E-state index contributed by atoms with van der Waals surface area (Å²) in [6.45, 7) is 3.30. The minimum absolute atomic E-state index is 0.0381. The van der Waals surface area contributed by atoms with Crippen molar-refractivity contribution < 1.29 is 19.5 Å². The fraction of sp³-hybridized carbons (Fsp3) is 0.769. The lowest BCUT2D eigenvalue weighted by Gasteiger charge is -2.23. The summed E-state index contributed by atoms with van der Waals surface area (Å²) >= 11 is 0. The van der Waals surface area contributed by atoms with E-state index in [4.69, 9.17) is 5.11 Å². The van der Waals surface area contributed by atoms with Gasteiger partial charge in [0.2, 0.25) is 5.91 Å². The Labute approximate surface area is 123 Å². The number of hydrogen-bond donors (Lipinski definition) is 1. The van der Waals surface area contributed by atoms with E-state index in [1.54, 1.807) is 11.9 Å². The number of amides is 4. The molecule has 21 heavy (non-hydrogen) atoms. The molecule has 2 rings (SSSR count). The van der Waals surface area contributed by atoms with Crippen LogP contribution in [-0.4, -0.2) is 102 Å². The fourth-order valence-electron chi connectivity index (χ4n) is 2.65. The van der Waals surface area contributed by atoms with Crippen LogP contribution in [0.25, 0.3) is 0 Å². The lowest BCUT2D eigenvalue weighted by atomic mass is 10.3. The van der Waals surface area contributed by atoms with Crippen molar-refractivity contribution >= 4 is 17.8 Å². The van der Waals surface area contributed by atoms with Crippen molar-refractivity contribution in [3.05, 3.63) is 0 Å². The van der Waals surface area contributed by atoms with Crippen LogP contribution < -0.4 is 0 Å². The third-order valence-corrected chi connectivity index (χ3v) is 3.88. The normalized spacial score (nSPS) is 21.1. The van der Waals surface area contributed by atoms with Crippen molar-refractivity contribution in [2.24, 2.45) is 0 Å². The number of nitrogens with zero attached hydrogens (tertiary/aromatic N) is 4. The summed E-state index contributed by atoms with van der Waals surface area (Å²) < 4.78 is 0. The molecule has 1 N–H and O–H groups in total. The second-order valence-corrected chi connectivity index (χ2v) is 5.42. The number of hydrogen-bond acceptors (Lipinski definition) is 5. The molecule has 0 bridgehead atoms. The predicted octanol–water partition coefficient (Wildman–Crippen LogP) is -1.59. The summed E-state index contributed by atoms with van der Waals surface area (Å²) in [5, 5.41) is 8.95. The number of aliphatic hydroxyl groups excluding tert-OH is 1. The Bertz CT molecular complexity index is 428. The van der Waals surface area contributed by atoms with E-state index in [9.17, 15) is 14.4 Å². The molecule has 2 saturated heterocycles. The molecular weight excluding hydrogens is 276 g/mol. The topological polar surface area (TPSA) is 84.4 Å². The van der Waals surface area contributed by atoms with Crippen LogP contribution in [0.2, 0.25) is 0 Å². The zero-order chi connectivity index (χ0) is 15.4. The lowest BCUT2D eigenvalue weighted by Crippen LogP contribution is -2.44. The monoisotopic (exact) mass is 298 g/mol. The van der Waals surface area contributed by atoms with Crippen molar-refractivity contribution in [2.45, 2.75) is 6.42 Å². The first-order valence-electron chi connectivity index (χ1n) is 7.19. The summed E-state index contributed by atoms with van der Waals surface area (Å²) in [7, 11) is 1.55. The third kappa shape index (κ3) is 3.70. The van der Waals surface area contributed by atoms with E-state index in [0.717, 1.165) is 17.9 Å². The van der Waals surface area contributed by atoms with E-state index in [-0.39, 0.29) is 31.5 Å². The number of aliphatic hydroxyl groups is 1. The van der Waals surface area contributed by atoms with Gasteiger partial charge in [-0.15, -0.1) is 0 Å². The van der Waals surface area contributed by atoms with Crippen molar-refractivity contribution in [1.82, 2.24) is 19.6 Å². The van der Waals surface area contributed by atoms with Gasteiger partial charge in [0.25, 0.3) is 5.91 Å². The standard InChI is InChI=1S/C13H22N4O4/c1-14-9-12(20)17(13(14)21)10-11(19)16-4-2-3-15(5-6-16)7-8-18/h18H,2-10H2,1H3. The first kappa shape index (κ1) is 15.7. The van der Waals surface area contributed by atoms with Crippen molar-refractivity contribution in [3.63, 3.8) is 0 Å². The Hall–Kier alpha value is -1.67. The highest BCUT2D eigenvalue weighted by atomic mass is 16.3. The Morgan fingerprint density at radius 2 is 1.95 bits per heavy atom. The molecule has 2 aliphatic heterocycles. The van der Waals surface area contributed by atoms with Gasteiger partial charge >= 0.3 is 6.03 Å². The van der Waals surface area contributed by atoms with Crippen LogP contribution in [0.4, 0.5) is 4.79 Å². The molecule has 0 aromatic carbocycles. The molecule has 0 spiro atoms. The van der Waals surface area contributed by atoms with Crippen LogP contribution in [0, 0.1) is 0 Å². The highest BCUT2D eigenvalue weighted by molar-refractivity contribution is 6.04. The smallest absolute Gasteiger partial charge is 0.327 e. The maximum absolute atomic E-state index is 12.3. The fourth-order valence-corrected chi connectivity index (χ4v) is 2.65. The van der Waals surface area contributed by atoms with Gasteiger partial charge < -0.3 is 14.9 Å². The van der Waals surface area contributed by atoms with Gasteiger partial charge in [0, 0.05) is 33.2 Å². The number of likely N-dealkylation sites (N-methyl/N-ethyl adjacent to an activating group) is 1. The van der Waals surface area contributed by atoms with Gasteiger partial charge in [0.1, 0.15) is 13.1 Å². The van der Waals surface area contributed by atoms with Crippen LogP contribution in [-0.2, 0) is 9.59 Å². The molecular formula is C13H22N4O4. The van der Waals surface area contributed by atoms with Crippen LogP contribution in [0.3, 0.4) is 0 Å². The third-order valence-electron chi connectivity index (χ3n) is 3.88. The average Bonchev–Trinajstić information content (AvgIpc) is 2.64. The number of rotatable bonds is 4. The molecule has 0 aromatic rings. The molecule has 0 aliphatic carbocycles. The van der Waals surface area contributed by atoms with Crippen LogP contribution >= 0.6 is 0 Å². The summed E-state index contributed by atoms with van der Waals surface area (Å²) in [4.78, 5) is 41.8. The van der Waals surface area contributed by atoms with Gasteiger partial charge in [-0.3, -0.25) is 19.4 Å². The summed E-state index contributed by atoms with van der Waals surface area (Å²) in [6, 6.07) is -0.412. The number of β-amino-alcohol motifs (C(OH)–C–C–N with tert-alkyl or cyclic N) is 1.